The van der Waals surface area contributed by atoms with E-state index in [9.17, 15) is 17.6 Å². The van der Waals surface area contributed by atoms with Gasteiger partial charge in [0.05, 0.1) is 11.3 Å². The summed E-state index contributed by atoms with van der Waals surface area (Å²) in [6.07, 6.45) is 0.801. The molecule has 1 aromatic carbocycles. The number of carbonyl (C=O) groups is 1. The summed E-state index contributed by atoms with van der Waals surface area (Å²) in [4.78, 5) is 11.5. The molecule has 3 nitrogen and oxygen atoms in total. The van der Waals surface area contributed by atoms with E-state index in [0.717, 1.165) is 12.3 Å². The summed E-state index contributed by atoms with van der Waals surface area (Å²) in [6, 6.07) is 3.66. The maximum Gasteiger partial charge on any atom is 0.166 e. The third-order valence-electron chi connectivity index (χ3n) is 1.93. The van der Waals surface area contributed by atoms with E-state index in [2.05, 4.69) is 0 Å². The van der Waals surface area contributed by atoms with Gasteiger partial charge < -0.3 is 0 Å². The molecule has 0 N–H and O–H groups in total. The fourth-order valence-corrected chi connectivity index (χ4v) is 1.84. The van der Waals surface area contributed by atoms with Crippen LogP contribution < -0.4 is 0 Å². The topological polar surface area (TPSA) is 51.2 Å². The summed E-state index contributed by atoms with van der Waals surface area (Å²) in [6.45, 7) is 0. The third kappa shape index (κ3) is 3.90. The highest BCUT2D eigenvalue weighted by atomic mass is 35.5. The average molecular weight is 265 g/mol. The molecule has 0 saturated carbocycles. The van der Waals surface area contributed by atoms with Crippen LogP contribution in [-0.4, -0.2) is 26.2 Å². The fraction of sp³-hybridized carbons (Fsp3) is 0.300. The van der Waals surface area contributed by atoms with Crippen molar-refractivity contribution in [1.82, 2.24) is 0 Å². The Kier molecular flexibility index (Phi) is 4.04. The Balaban J connectivity index is 2.82. The van der Waals surface area contributed by atoms with Gasteiger partial charge in [-0.15, -0.1) is 0 Å². The SMILES string of the molecule is CS(=O)(=O)CCC(=O)c1ccc(Cl)cc1F. The first kappa shape index (κ1) is 13.1. The molecule has 1 aromatic rings. The average Bonchev–Trinajstić information content (AvgIpc) is 2.13. The van der Waals surface area contributed by atoms with Gasteiger partial charge >= 0.3 is 0 Å². The summed E-state index contributed by atoms with van der Waals surface area (Å²) in [5, 5.41) is 0.192. The van der Waals surface area contributed by atoms with E-state index in [-0.39, 0.29) is 22.8 Å². The molecule has 0 fully saturated rings. The minimum absolute atomic E-state index is 0.131. The Labute approximate surface area is 98.1 Å². The molecule has 1 rings (SSSR count). The van der Waals surface area contributed by atoms with Crippen molar-refractivity contribution in [2.45, 2.75) is 6.42 Å². The Morgan fingerprint density at radius 1 is 1.44 bits per heavy atom. The smallest absolute Gasteiger partial charge is 0.166 e. The predicted molar refractivity (Wildman–Crippen MR) is 60.1 cm³/mol. The first-order valence-electron chi connectivity index (χ1n) is 4.45. The molecule has 0 unspecified atom stereocenters. The maximum absolute atomic E-state index is 13.3. The van der Waals surface area contributed by atoms with Crippen LogP contribution >= 0.6 is 11.6 Å². The highest BCUT2D eigenvalue weighted by molar-refractivity contribution is 7.90. The Morgan fingerprint density at radius 3 is 2.56 bits per heavy atom. The monoisotopic (exact) mass is 264 g/mol. The molecule has 0 heterocycles. The summed E-state index contributed by atoms with van der Waals surface area (Å²) in [7, 11) is -3.22. The first-order chi connectivity index (χ1) is 7.29. The molecule has 0 aliphatic carbocycles. The van der Waals surface area contributed by atoms with Crippen molar-refractivity contribution in [3.63, 3.8) is 0 Å². The molecule has 88 valence electrons. The van der Waals surface area contributed by atoms with Crippen molar-refractivity contribution in [2.75, 3.05) is 12.0 Å². The second kappa shape index (κ2) is 4.93. The van der Waals surface area contributed by atoms with Crippen molar-refractivity contribution < 1.29 is 17.6 Å². The maximum atomic E-state index is 13.3. The van der Waals surface area contributed by atoms with Crippen LogP contribution in [0.4, 0.5) is 4.39 Å². The number of Topliss-reactive ketones (excluding diaryl/α,β-unsaturated/α-hetero) is 1. The van der Waals surface area contributed by atoms with E-state index < -0.39 is 21.4 Å². The van der Waals surface area contributed by atoms with E-state index in [4.69, 9.17) is 11.6 Å². The van der Waals surface area contributed by atoms with Crippen molar-refractivity contribution in [1.29, 1.82) is 0 Å². The normalized spacial score (nSPS) is 11.4. The highest BCUT2D eigenvalue weighted by Crippen LogP contribution is 2.16. The molecule has 6 heteroatoms. The largest absolute Gasteiger partial charge is 0.294 e. The second-order valence-corrected chi connectivity index (χ2v) is 6.12. The molecule has 0 aliphatic heterocycles. The zero-order valence-electron chi connectivity index (χ0n) is 8.54. The fourth-order valence-electron chi connectivity index (χ4n) is 1.13. The number of hydrogen-bond donors (Lipinski definition) is 0. The number of halogens is 2. The second-order valence-electron chi connectivity index (χ2n) is 3.43. The lowest BCUT2D eigenvalue weighted by molar-refractivity contribution is 0.0985. The van der Waals surface area contributed by atoms with E-state index >= 15 is 0 Å². The minimum Gasteiger partial charge on any atom is -0.294 e. The van der Waals surface area contributed by atoms with Gasteiger partial charge in [-0.2, -0.15) is 0 Å². The molecule has 0 amide bonds. The molecule has 0 aromatic heterocycles. The number of hydrogen-bond acceptors (Lipinski definition) is 3. The highest BCUT2D eigenvalue weighted by Gasteiger charge is 2.14. The molecule has 0 atom stereocenters. The van der Waals surface area contributed by atoms with E-state index in [1.807, 2.05) is 0 Å². The molecule has 0 aliphatic rings. The summed E-state index contributed by atoms with van der Waals surface area (Å²) < 4.78 is 34.9. The molecule has 0 spiro atoms. The Bertz CT molecular complexity index is 511. The van der Waals surface area contributed by atoms with Crippen LogP contribution in [0, 0.1) is 5.82 Å². The first-order valence-corrected chi connectivity index (χ1v) is 6.89. The van der Waals surface area contributed by atoms with Gasteiger partial charge in [0.1, 0.15) is 15.7 Å². The van der Waals surface area contributed by atoms with Crippen molar-refractivity contribution >= 4 is 27.2 Å². The predicted octanol–water partition coefficient (Wildman–Crippen LogP) is 2.10. The van der Waals surface area contributed by atoms with Gasteiger partial charge in [0.2, 0.25) is 0 Å². The van der Waals surface area contributed by atoms with Gasteiger partial charge in [-0.25, -0.2) is 12.8 Å². The van der Waals surface area contributed by atoms with Gasteiger partial charge in [0.25, 0.3) is 0 Å². The van der Waals surface area contributed by atoms with E-state index in [1.54, 1.807) is 0 Å². The van der Waals surface area contributed by atoms with Gasteiger partial charge in [-0.05, 0) is 18.2 Å². The molecular weight excluding hydrogens is 255 g/mol. The van der Waals surface area contributed by atoms with Gasteiger partial charge in [-0.1, -0.05) is 11.6 Å². The zero-order valence-corrected chi connectivity index (χ0v) is 10.1. The lowest BCUT2D eigenvalue weighted by Gasteiger charge is -2.02. The van der Waals surface area contributed by atoms with Crippen molar-refractivity contribution in [3.8, 4) is 0 Å². The van der Waals surface area contributed by atoms with Gasteiger partial charge in [-0.3, -0.25) is 4.79 Å². The van der Waals surface area contributed by atoms with Crippen LogP contribution in [0.5, 0.6) is 0 Å². The number of sulfone groups is 1. The van der Waals surface area contributed by atoms with E-state index in [1.165, 1.54) is 12.1 Å². The van der Waals surface area contributed by atoms with Crippen LogP contribution in [0.25, 0.3) is 0 Å². The van der Waals surface area contributed by atoms with Gasteiger partial charge in [0, 0.05) is 17.7 Å². The van der Waals surface area contributed by atoms with Crippen LogP contribution in [0.1, 0.15) is 16.8 Å². The molecule has 0 radical (unpaired) electrons. The van der Waals surface area contributed by atoms with Crippen LogP contribution in [0.3, 0.4) is 0 Å². The van der Waals surface area contributed by atoms with Crippen LogP contribution in [0.2, 0.25) is 5.02 Å². The van der Waals surface area contributed by atoms with Crippen LogP contribution in [0.15, 0.2) is 18.2 Å². The molecule has 16 heavy (non-hydrogen) atoms. The number of benzene rings is 1. The third-order valence-corrected chi connectivity index (χ3v) is 3.11. The lowest BCUT2D eigenvalue weighted by atomic mass is 10.1. The Hall–Kier alpha value is -0.940. The summed E-state index contributed by atoms with van der Waals surface area (Å²) in [5.74, 6) is -1.56. The van der Waals surface area contributed by atoms with E-state index in [0.29, 0.717) is 0 Å². The van der Waals surface area contributed by atoms with Gasteiger partial charge in [0.15, 0.2) is 5.78 Å². The number of rotatable bonds is 4. The zero-order chi connectivity index (χ0) is 12.3. The van der Waals surface area contributed by atoms with Crippen molar-refractivity contribution in [2.24, 2.45) is 0 Å². The minimum atomic E-state index is -3.22. The summed E-state index contributed by atoms with van der Waals surface area (Å²) in [5.41, 5.74) is -0.131. The molecular formula is C10H10ClFO3S. The Morgan fingerprint density at radius 2 is 2.06 bits per heavy atom. The molecule has 0 saturated heterocycles. The van der Waals surface area contributed by atoms with Crippen LogP contribution in [-0.2, 0) is 9.84 Å². The number of carbonyl (C=O) groups excluding carboxylic acids is 1. The summed E-state index contributed by atoms with van der Waals surface area (Å²) >= 11 is 5.52. The lowest BCUT2D eigenvalue weighted by Crippen LogP contribution is -2.10. The standard InChI is InChI=1S/C10H10ClFO3S/c1-16(14,15)5-4-10(13)8-3-2-7(11)6-9(8)12/h2-3,6H,4-5H2,1H3. The quantitative estimate of drug-likeness (QED) is 0.783. The van der Waals surface area contributed by atoms with Crippen molar-refractivity contribution in [3.05, 3.63) is 34.6 Å². The number of ketones is 1. The molecule has 0 bridgehead atoms.